The van der Waals surface area contributed by atoms with E-state index < -0.39 is 17.7 Å². The van der Waals surface area contributed by atoms with Gasteiger partial charge in [0.25, 0.3) is 0 Å². The molecule has 0 aromatic heterocycles. The second-order valence-electron chi connectivity index (χ2n) is 4.41. The zero-order valence-electron chi connectivity index (χ0n) is 10.9. The third kappa shape index (κ3) is 3.16. The fraction of sp³-hybridized carbons (Fsp3) is 0.200. The molecule has 20 heavy (non-hydrogen) atoms. The van der Waals surface area contributed by atoms with E-state index in [-0.39, 0.29) is 12.0 Å². The van der Waals surface area contributed by atoms with Gasteiger partial charge in [0.1, 0.15) is 5.75 Å². The van der Waals surface area contributed by atoms with Crippen LogP contribution in [0.25, 0.3) is 0 Å². The molecule has 1 unspecified atom stereocenters. The first-order valence-corrected chi connectivity index (χ1v) is 6.84. The Bertz CT molecular complexity index is 619. The Kier molecular flexibility index (Phi) is 4.73. The zero-order chi connectivity index (χ0) is 14.7. The molecule has 2 nitrogen and oxygen atoms in total. The van der Waals surface area contributed by atoms with E-state index in [0.29, 0.717) is 5.75 Å². The molecule has 0 amide bonds. The maximum absolute atomic E-state index is 13.7. The summed E-state index contributed by atoms with van der Waals surface area (Å²) in [6, 6.07) is 9.03. The van der Waals surface area contributed by atoms with Crippen molar-refractivity contribution >= 4 is 15.9 Å². The topological polar surface area (TPSA) is 35.2 Å². The summed E-state index contributed by atoms with van der Waals surface area (Å²) >= 11 is 3.36. The van der Waals surface area contributed by atoms with Gasteiger partial charge in [0.2, 0.25) is 0 Å². The number of methoxy groups -OCH3 is 1. The molecule has 0 fully saturated rings. The largest absolute Gasteiger partial charge is 0.496 e. The zero-order valence-corrected chi connectivity index (χ0v) is 12.5. The quantitative estimate of drug-likeness (QED) is 0.912. The Balaban J connectivity index is 2.30. The summed E-state index contributed by atoms with van der Waals surface area (Å²) in [7, 11) is 1.54. The number of hydrogen-bond donors (Lipinski definition) is 1. The van der Waals surface area contributed by atoms with Gasteiger partial charge in [-0.3, -0.25) is 0 Å². The van der Waals surface area contributed by atoms with Crippen molar-refractivity contribution in [3.63, 3.8) is 0 Å². The molecule has 5 heteroatoms. The predicted molar refractivity (Wildman–Crippen MR) is 77.7 cm³/mol. The Morgan fingerprint density at radius 2 is 2.00 bits per heavy atom. The van der Waals surface area contributed by atoms with Gasteiger partial charge in [-0.2, -0.15) is 0 Å². The Labute approximate surface area is 124 Å². The van der Waals surface area contributed by atoms with E-state index in [4.69, 9.17) is 10.5 Å². The SMILES string of the molecule is COc1ccc(Br)cc1C(N)Cc1cccc(F)c1F. The highest BCUT2D eigenvalue weighted by molar-refractivity contribution is 9.10. The molecule has 2 aromatic carbocycles. The molecule has 2 N–H and O–H groups in total. The monoisotopic (exact) mass is 341 g/mol. The van der Waals surface area contributed by atoms with Gasteiger partial charge < -0.3 is 10.5 Å². The summed E-state index contributed by atoms with van der Waals surface area (Å²) < 4.78 is 33.0. The van der Waals surface area contributed by atoms with Crippen LogP contribution in [0, 0.1) is 11.6 Å². The molecule has 0 aliphatic carbocycles. The average molecular weight is 342 g/mol. The fourth-order valence-corrected chi connectivity index (χ4v) is 2.43. The minimum absolute atomic E-state index is 0.191. The van der Waals surface area contributed by atoms with Crippen LogP contribution in [0.3, 0.4) is 0 Å². The van der Waals surface area contributed by atoms with Crippen molar-refractivity contribution < 1.29 is 13.5 Å². The van der Waals surface area contributed by atoms with E-state index in [0.717, 1.165) is 16.1 Å². The first kappa shape index (κ1) is 14.9. The summed E-state index contributed by atoms with van der Waals surface area (Å²) in [6.07, 6.45) is 0.191. The lowest BCUT2D eigenvalue weighted by Gasteiger charge is -2.16. The third-order valence-electron chi connectivity index (χ3n) is 3.06. The second-order valence-corrected chi connectivity index (χ2v) is 5.33. The average Bonchev–Trinajstić information content (AvgIpc) is 2.43. The van der Waals surface area contributed by atoms with Gasteiger partial charge in [-0.05, 0) is 36.2 Å². The number of hydrogen-bond acceptors (Lipinski definition) is 2. The van der Waals surface area contributed by atoms with Gasteiger partial charge >= 0.3 is 0 Å². The molecule has 0 heterocycles. The number of rotatable bonds is 4. The van der Waals surface area contributed by atoms with E-state index in [2.05, 4.69) is 15.9 Å². The first-order chi connectivity index (χ1) is 9.52. The van der Waals surface area contributed by atoms with Gasteiger partial charge in [-0.25, -0.2) is 8.78 Å². The van der Waals surface area contributed by atoms with Crippen molar-refractivity contribution in [2.75, 3.05) is 7.11 Å². The van der Waals surface area contributed by atoms with Crippen LogP contribution in [0.2, 0.25) is 0 Å². The van der Waals surface area contributed by atoms with E-state index in [1.54, 1.807) is 13.2 Å². The number of ether oxygens (including phenoxy) is 1. The van der Waals surface area contributed by atoms with E-state index in [1.165, 1.54) is 12.1 Å². The first-order valence-electron chi connectivity index (χ1n) is 6.05. The molecule has 0 aliphatic heterocycles. The van der Waals surface area contributed by atoms with Crippen LogP contribution >= 0.6 is 15.9 Å². The second kappa shape index (κ2) is 6.33. The molecule has 0 saturated heterocycles. The highest BCUT2D eigenvalue weighted by atomic mass is 79.9. The highest BCUT2D eigenvalue weighted by Gasteiger charge is 2.16. The molecule has 0 saturated carbocycles. The van der Waals surface area contributed by atoms with Crippen LogP contribution < -0.4 is 10.5 Å². The maximum Gasteiger partial charge on any atom is 0.162 e. The minimum atomic E-state index is -0.865. The molecule has 2 aromatic rings. The summed E-state index contributed by atoms with van der Waals surface area (Å²) in [6.45, 7) is 0. The van der Waals surface area contributed by atoms with Gasteiger partial charge in [-0.1, -0.05) is 28.1 Å². The van der Waals surface area contributed by atoms with Crippen LogP contribution in [0.15, 0.2) is 40.9 Å². The number of halogens is 3. The lowest BCUT2D eigenvalue weighted by Crippen LogP contribution is -2.15. The van der Waals surface area contributed by atoms with Gasteiger partial charge in [0.15, 0.2) is 11.6 Å². The molecule has 0 aliphatic rings. The van der Waals surface area contributed by atoms with Crippen molar-refractivity contribution in [2.45, 2.75) is 12.5 Å². The fourth-order valence-electron chi connectivity index (χ4n) is 2.05. The molecule has 0 spiro atoms. The van der Waals surface area contributed by atoms with Gasteiger partial charge in [0.05, 0.1) is 7.11 Å². The van der Waals surface area contributed by atoms with Crippen molar-refractivity contribution in [1.29, 1.82) is 0 Å². The third-order valence-corrected chi connectivity index (χ3v) is 3.56. The van der Waals surface area contributed by atoms with Crippen LogP contribution in [0.4, 0.5) is 8.78 Å². The Morgan fingerprint density at radius 3 is 2.70 bits per heavy atom. The highest BCUT2D eigenvalue weighted by Crippen LogP contribution is 2.29. The smallest absolute Gasteiger partial charge is 0.162 e. The molecular weight excluding hydrogens is 328 g/mol. The van der Waals surface area contributed by atoms with E-state index >= 15 is 0 Å². The normalized spacial score (nSPS) is 12.2. The summed E-state index contributed by atoms with van der Waals surface area (Å²) in [5.74, 6) is -1.09. The van der Waals surface area contributed by atoms with Gasteiger partial charge in [-0.15, -0.1) is 0 Å². The van der Waals surface area contributed by atoms with Crippen molar-refractivity contribution in [3.05, 3.63) is 63.6 Å². The Morgan fingerprint density at radius 1 is 1.25 bits per heavy atom. The summed E-state index contributed by atoms with van der Waals surface area (Å²) in [5, 5.41) is 0. The Hall–Kier alpha value is -1.46. The van der Waals surface area contributed by atoms with E-state index in [1.807, 2.05) is 12.1 Å². The van der Waals surface area contributed by atoms with Crippen molar-refractivity contribution in [1.82, 2.24) is 0 Å². The minimum Gasteiger partial charge on any atom is -0.496 e. The molecule has 106 valence electrons. The van der Waals surface area contributed by atoms with Crippen LogP contribution in [0.1, 0.15) is 17.2 Å². The standard InChI is InChI=1S/C15H14BrF2NO/c1-20-14-6-5-10(16)8-11(14)13(19)7-9-3-2-4-12(17)15(9)18/h2-6,8,13H,7,19H2,1H3. The van der Waals surface area contributed by atoms with E-state index in [9.17, 15) is 8.78 Å². The van der Waals surface area contributed by atoms with Crippen molar-refractivity contribution in [3.8, 4) is 5.75 Å². The summed E-state index contributed by atoms with van der Waals surface area (Å²) in [4.78, 5) is 0. The maximum atomic E-state index is 13.7. The molecular formula is C15H14BrF2NO. The molecule has 1 atom stereocenters. The van der Waals surface area contributed by atoms with Crippen LogP contribution in [0.5, 0.6) is 5.75 Å². The summed E-state index contributed by atoms with van der Waals surface area (Å²) in [5.41, 5.74) is 7.09. The molecule has 2 rings (SSSR count). The van der Waals surface area contributed by atoms with Crippen LogP contribution in [-0.4, -0.2) is 7.11 Å². The molecule has 0 bridgehead atoms. The molecule has 0 radical (unpaired) electrons. The van der Waals surface area contributed by atoms with Crippen molar-refractivity contribution in [2.24, 2.45) is 5.73 Å². The lowest BCUT2D eigenvalue weighted by molar-refractivity contribution is 0.405. The van der Waals surface area contributed by atoms with Crippen LogP contribution in [-0.2, 0) is 6.42 Å². The number of nitrogens with two attached hydrogens (primary N) is 1. The lowest BCUT2D eigenvalue weighted by atomic mass is 9.98. The van der Waals surface area contributed by atoms with Gasteiger partial charge in [0, 0.05) is 16.1 Å². The number of benzene rings is 2. The predicted octanol–water partition coefficient (Wildman–Crippen LogP) is 3.98.